The zero-order chi connectivity index (χ0) is 14.0. The van der Waals surface area contributed by atoms with Crippen LogP contribution in [0.1, 0.15) is 18.9 Å². The number of likely N-dealkylation sites (tertiary alicyclic amines) is 1. The van der Waals surface area contributed by atoms with Gasteiger partial charge in [-0.25, -0.2) is 4.79 Å². The van der Waals surface area contributed by atoms with Crippen molar-refractivity contribution in [3.63, 3.8) is 0 Å². The van der Waals surface area contributed by atoms with Gasteiger partial charge in [-0.3, -0.25) is 0 Å². The molecule has 1 aromatic rings. The van der Waals surface area contributed by atoms with Gasteiger partial charge in [0.05, 0.1) is 16.8 Å². The normalized spacial score (nSPS) is 20.4. The van der Waals surface area contributed by atoms with Gasteiger partial charge in [0.15, 0.2) is 0 Å². The Morgan fingerprint density at radius 1 is 1.58 bits per heavy atom. The van der Waals surface area contributed by atoms with Crippen LogP contribution in [0.25, 0.3) is 0 Å². The van der Waals surface area contributed by atoms with Gasteiger partial charge in [0.25, 0.3) is 0 Å². The molecule has 4 nitrogen and oxygen atoms in total. The number of rotatable bonds is 2. The molecule has 1 aliphatic rings. The summed E-state index contributed by atoms with van der Waals surface area (Å²) >= 11 is 6.09. The number of para-hydroxylation sites is 1. The molecular weight excluding hydrogens is 264 g/mol. The molecule has 1 fully saturated rings. The predicted molar refractivity (Wildman–Crippen MR) is 76.6 cm³/mol. The predicted octanol–water partition coefficient (Wildman–Crippen LogP) is 2.88. The van der Waals surface area contributed by atoms with E-state index in [0.717, 1.165) is 12.0 Å². The highest BCUT2D eigenvalue weighted by Crippen LogP contribution is 2.27. The number of carbonyl (C=O) groups is 1. The van der Waals surface area contributed by atoms with Crippen LogP contribution < -0.4 is 5.32 Å². The van der Waals surface area contributed by atoms with Crippen LogP contribution >= 0.6 is 11.6 Å². The first-order valence-corrected chi connectivity index (χ1v) is 6.86. The summed E-state index contributed by atoms with van der Waals surface area (Å²) in [7, 11) is 0. The summed E-state index contributed by atoms with van der Waals surface area (Å²) in [5.74, 6) is 0.165. The standard InChI is InChI=1S/C14H19ClN2O2/c1-9-4-3-5-12(15)13(9)16-14(19)17-7-6-11(8-17)10(2)18/h3-5,10-11,18H,6-8H2,1-2H3,(H,16,19)/t10-,11-/m0/s1. The minimum absolute atomic E-state index is 0.153. The van der Waals surface area contributed by atoms with E-state index in [0.29, 0.717) is 23.8 Å². The van der Waals surface area contributed by atoms with Crippen molar-refractivity contribution in [2.45, 2.75) is 26.4 Å². The van der Waals surface area contributed by atoms with Crippen LogP contribution in [0.4, 0.5) is 10.5 Å². The lowest BCUT2D eigenvalue weighted by Crippen LogP contribution is -2.34. The zero-order valence-electron chi connectivity index (χ0n) is 11.2. The number of hydrogen-bond acceptors (Lipinski definition) is 2. The van der Waals surface area contributed by atoms with Gasteiger partial charge in [-0.05, 0) is 31.9 Å². The summed E-state index contributed by atoms with van der Waals surface area (Å²) in [4.78, 5) is 13.9. The van der Waals surface area contributed by atoms with Crippen molar-refractivity contribution in [3.05, 3.63) is 28.8 Å². The molecule has 2 N–H and O–H groups in total. The van der Waals surface area contributed by atoms with Gasteiger partial charge in [-0.1, -0.05) is 23.7 Å². The average Bonchev–Trinajstić information content (AvgIpc) is 2.83. The number of nitrogens with one attached hydrogen (secondary N) is 1. The number of urea groups is 1. The maximum atomic E-state index is 12.2. The number of aryl methyl sites for hydroxylation is 1. The third kappa shape index (κ3) is 3.19. The molecule has 104 valence electrons. The molecule has 0 saturated carbocycles. The van der Waals surface area contributed by atoms with Gasteiger partial charge in [-0.2, -0.15) is 0 Å². The van der Waals surface area contributed by atoms with Crippen LogP contribution in [0, 0.1) is 12.8 Å². The molecule has 1 heterocycles. The number of halogens is 1. The van der Waals surface area contributed by atoms with Crippen LogP contribution in [0.5, 0.6) is 0 Å². The lowest BCUT2D eigenvalue weighted by Gasteiger charge is -2.19. The molecule has 1 saturated heterocycles. The Bertz CT molecular complexity index is 456. The largest absolute Gasteiger partial charge is 0.393 e. The SMILES string of the molecule is Cc1cccc(Cl)c1NC(=O)N1CC[C@H]([C@H](C)O)C1. The maximum absolute atomic E-state index is 12.2. The monoisotopic (exact) mass is 282 g/mol. The molecule has 0 aliphatic carbocycles. The molecular formula is C14H19ClN2O2. The molecule has 0 bridgehead atoms. The van der Waals surface area contributed by atoms with E-state index in [4.69, 9.17) is 11.6 Å². The number of anilines is 1. The Morgan fingerprint density at radius 3 is 2.89 bits per heavy atom. The fourth-order valence-corrected chi connectivity index (χ4v) is 2.61. The smallest absolute Gasteiger partial charge is 0.321 e. The molecule has 0 spiro atoms. The van der Waals surface area contributed by atoms with Crippen molar-refractivity contribution in [2.75, 3.05) is 18.4 Å². The van der Waals surface area contributed by atoms with Gasteiger partial charge < -0.3 is 15.3 Å². The summed E-state index contributed by atoms with van der Waals surface area (Å²) in [6, 6.07) is 5.36. The van der Waals surface area contributed by atoms with Gasteiger partial charge >= 0.3 is 6.03 Å². The number of carbonyl (C=O) groups excluding carboxylic acids is 1. The molecule has 5 heteroatoms. The summed E-state index contributed by atoms with van der Waals surface area (Å²) in [5, 5.41) is 12.9. The van der Waals surface area contributed by atoms with Gasteiger partial charge in [-0.15, -0.1) is 0 Å². The number of benzene rings is 1. The number of hydrogen-bond donors (Lipinski definition) is 2. The number of nitrogens with zero attached hydrogens (tertiary/aromatic N) is 1. The van der Waals surface area contributed by atoms with Crippen LogP contribution in [-0.2, 0) is 0 Å². The molecule has 0 aromatic heterocycles. The quantitative estimate of drug-likeness (QED) is 0.876. The van der Waals surface area contributed by atoms with Crippen LogP contribution in [0.15, 0.2) is 18.2 Å². The molecule has 1 aliphatic heterocycles. The number of amides is 2. The highest BCUT2D eigenvalue weighted by molar-refractivity contribution is 6.33. The van der Waals surface area contributed by atoms with Crippen molar-refractivity contribution >= 4 is 23.3 Å². The molecule has 2 rings (SSSR count). The van der Waals surface area contributed by atoms with E-state index in [1.165, 1.54) is 0 Å². The Hall–Kier alpha value is -1.26. The van der Waals surface area contributed by atoms with Crippen molar-refractivity contribution in [1.82, 2.24) is 4.90 Å². The van der Waals surface area contributed by atoms with E-state index in [2.05, 4.69) is 5.32 Å². The van der Waals surface area contributed by atoms with E-state index in [1.54, 1.807) is 17.9 Å². The Balaban J connectivity index is 2.02. The third-order valence-electron chi connectivity index (χ3n) is 3.65. The van der Waals surface area contributed by atoms with Crippen LogP contribution in [-0.4, -0.2) is 35.2 Å². The maximum Gasteiger partial charge on any atom is 0.321 e. The molecule has 1 aromatic carbocycles. The summed E-state index contributed by atoms with van der Waals surface area (Å²) in [5.41, 5.74) is 1.60. The van der Waals surface area contributed by atoms with Crippen molar-refractivity contribution in [1.29, 1.82) is 0 Å². The highest BCUT2D eigenvalue weighted by atomic mass is 35.5. The Labute approximate surface area is 118 Å². The molecule has 2 atom stereocenters. The summed E-state index contributed by atoms with van der Waals surface area (Å²) in [6.07, 6.45) is 0.465. The lowest BCUT2D eigenvalue weighted by molar-refractivity contribution is 0.130. The number of aliphatic hydroxyl groups is 1. The average molecular weight is 283 g/mol. The van der Waals surface area contributed by atoms with Crippen molar-refractivity contribution in [2.24, 2.45) is 5.92 Å². The summed E-state index contributed by atoms with van der Waals surface area (Å²) < 4.78 is 0. The van der Waals surface area contributed by atoms with Crippen molar-refractivity contribution in [3.8, 4) is 0 Å². The van der Waals surface area contributed by atoms with Crippen molar-refractivity contribution < 1.29 is 9.90 Å². The van der Waals surface area contributed by atoms with Crippen LogP contribution in [0.3, 0.4) is 0 Å². The lowest BCUT2D eigenvalue weighted by atomic mass is 10.0. The fraction of sp³-hybridized carbons (Fsp3) is 0.500. The van der Waals surface area contributed by atoms with Gasteiger partial charge in [0.1, 0.15) is 0 Å². The fourth-order valence-electron chi connectivity index (χ4n) is 2.34. The van der Waals surface area contributed by atoms with Crippen LogP contribution in [0.2, 0.25) is 5.02 Å². The first-order valence-electron chi connectivity index (χ1n) is 6.48. The van der Waals surface area contributed by atoms with E-state index >= 15 is 0 Å². The molecule has 19 heavy (non-hydrogen) atoms. The minimum Gasteiger partial charge on any atom is -0.393 e. The second-order valence-electron chi connectivity index (χ2n) is 5.10. The van der Waals surface area contributed by atoms with Gasteiger partial charge in [0, 0.05) is 19.0 Å². The zero-order valence-corrected chi connectivity index (χ0v) is 11.9. The molecule has 0 unspecified atom stereocenters. The first-order chi connectivity index (χ1) is 8.99. The minimum atomic E-state index is -0.375. The van der Waals surface area contributed by atoms with Gasteiger partial charge in [0.2, 0.25) is 0 Å². The Morgan fingerprint density at radius 2 is 2.32 bits per heavy atom. The Kier molecular flexibility index (Phi) is 4.32. The first kappa shape index (κ1) is 14.2. The van der Waals surface area contributed by atoms with E-state index in [-0.39, 0.29) is 18.1 Å². The topological polar surface area (TPSA) is 52.6 Å². The van der Waals surface area contributed by atoms with E-state index in [9.17, 15) is 9.90 Å². The second kappa shape index (κ2) is 5.80. The summed E-state index contributed by atoms with van der Waals surface area (Å²) in [6.45, 7) is 4.94. The third-order valence-corrected chi connectivity index (χ3v) is 3.96. The second-order valence-corrected chi connectivity index (χ2v) is 5.50. The van der Waals surface area contributed by atoms with E-state index in [1.807, 2.05) is 19.1 Å². The highest BCUT2D eigenvalue weighted by Gasteiger charge is 2.29. The molecule has 2 amide bonds. The molecule has 0 radical (unpaired) electrons. The van der Waals surface area contributed by atoms with E-state index < -0.39 is 0 Å². The number of aliphatic hydroxyl groups excluding tert-OH is 1.